The van der Waals surface area contributed by atoms with Gasteiger partial charge in [0.1, 0.15) is 5.01 Å². The van der Waals surface area contributed by atoms with Gasteiger partial charge in [-0.2, -0.15) is 5.90 Å². The van der Waals surface area contributed by atoms with E-state index < -0.39 is 5.97 Å². The lowest BCUT2D eigenvalue weighted by Crippen LogP contribution is -2.12. The highest BCUT2D eigenvalue weighted by Gasteiger charge is 2.18. The highest BCUT2D eigenvalue weighted by Crippen LogP contribution is 2.39. The van der Waals surface area contributed by atoms with Crippen molar-refractivity contribution in [3.63, 3.8) is 0 Å². The number of rotatable bonds is 4. The molecule has 2 N–H and O–H groups in total. The Balaban J connectivity index is 0.00000109. The fraction of sp³-hybridized carbons (Fsp3) is 0.182. The number of thiazole rings is 1. The number of aryl methyl sites for hydroxylation is 1. The maximum atomic E-state index is 11.7. The Bertz CT molecular complexity index is 1050. The van der Waals surface area contributed by atoms with Crippen molar-refractivity contribution in [2.75, 3.05) is 0 Å². The van der Waals surface area contributed by atoms with E-state index >= 15 is 0 Å². The molecule has 2 aromatic carbocycles. The highest BCUT2D eigenvalue weighted by atomic mass is 32.1. The van der Waals surface area contributed by atoms with E-state index in [1.54, 1.807) is 11.3 Å². The summed E-state index contributed by atoms with van der Waals surface area (Å²) in [6.07, 6.45) is 0.113. The van der Waals surface area contributed by atoms with E-state index in [1.807, 2.05) is 57.2 Å². The van der Waals surface area contributed by atoms with Gasteiger partial charge >= 0.3 is 5.97 Å². The number of carbonyl (C=O) groups excluding carboxylic acids is 1. The minimum atomic E-state index is -0.468. The molecule has 0 saturated heterocycles. The Morgan fingerprint density at radius 3 is 2.46 bits per heavy atom. The molecule has 4 aromatic rings. The third-order valence-electron chi connectivity index (χ3n) is 4.09. The molecule has 28 heavy (non-hydrogen) atoms. The van der Waals surface area contributed by atoms with Gasteiger partial charge in [0.05, 0.1) is 17.0 Å². The maximum absolute atomic E-state index is 11.7. The minimum absolute atomic E-state index is 0.113. The predicted octanol–water partition coefficient (Wildman–Crippen LogP) is 5.99. The summed E-state index contributed by atoms with van der Waals surface area (Å²) in [5, 5.41) is 2.10. The zero-order valence-electron chi connectivity index (χ0n) is 16.1. The molecule has 2 heterocycles. The number of thiophene rings is 1. The molecule has 0 aliphatic heterocycles. The molecule has 0 amide bonds. The SMILES string of the molecule is CC.Cc1ccc(-c2nc(-c3cc4ccccc4s3)sc2CC(=O)ON)cc1. The summed E-state index contributed by atoms with van der Waals surface area (Å²) in [5.41, 5.74) is 2.98. The summed E-state index contributed by atoms with van der Waals surface area (Å²) in [5.74, 6) is 4.57. The van der Waals surface area contributed by atoms with Gasteiger partial charge in [0, 0.05) is 15.1 Å². The Kier molecular flexibility index (Phi) is 6.57. The molecule has 0 fully saturated rings. The van der Waals surface area contributed by atoms with Crippen molar-refractivity contribution in [3.05, 3.63) is 65.0 Å². The Hall–Kier alpha value is -2.54. The Morgan fingerprint density at radius 2 is 1.79 bits per heavy atom. The molecule has 0 unspecified atom stereocenters. The Labute approximate surface area is 172 Å². The molecule has 0 radical (unpaired) electrons. The van der Waals surface area contributed by atoms with Gasteiger partial charge in [-0.3, -0.25) is 0 Å². The topological polar surface area (TPSA) is 65.2 Å². The molecule has 0 aliphatic rings. The zero-order chi connectivity index (χ0) is 20.1. The number of fused-ring (bicyclic) bond motifs is 1. The van der Waals surface area contributed by atoms with E-state index in [0.29, 0.717) is 0 Å². The number of hydrogen-bond donors (Lipinski definition) is 1. The van der Waals surface area contributed by atoms with E-state index in [9.17, 15) is 4.79 Å². The molecule has 6 heteroatoms. The number of aromatic nitrogens is 1. The number of nitrogens with two attached hydrogens (primary N) is 1. The van der Waals surface area contributed by atoms with Crippen molar-refractivity contribution in [1.29, 1.82) is 0 Å². The fourth-order valence-electron chi connectivity index (χ4n) is 2.77. The molecule has 0 aliphatic carbocycles. The van der Waals surface area contributed by atoms with Gasteiger partial charge in [-0.05, 0) is 24.4 Å². The third kappa shape index (κ3) is 4.30. The molecule has 144 valence electrons. The van der Waals surface area contributed by atoms with Gasteiger partial charge in [-0.1, -0.05) is 61.9 Å². The summed E-state index contributed by atoms with van der Waals surface area (Å²) in [6, 6.07) is 18.5. The molecule has 4 nitrogen and oxygen atoms in total. The first-order valence-electron chi connectivity index (χ1n) is 9.09. The molecular weight excluding hydrogens is 388 g/mol. The van der Waals surface area contributed by atoms with Gasteiger partial charge in [0.2, 0.25) is 0 Å². The summed E-state index contributed by atoms with van der Waals surface area (Å²) in [6.45, 7) is 6.04. The quantitative estimate of drug-likeness (QED) is 0.420. The predicted molar refractivity (Wildman–Crippen MR) is 118 cm³/mol. The second-order valence-electron chi connectivity index (χ2n) is 5.97. The smallest absolute Gasteiger partial charge is 0.329 e. The van der Waals surface area contributed by atoms with Crippen molar-refractivity contribution < 1.29 is 9.63 Å². The summed E-state index contributed by atoms with van der Waals surface area (Å²) in [7, 11) is 0. The second kappa shape index (κ2) is 9.10. The molecule has 2 aromatic heterocycles. The Morgan fingerprint density at radius 1 is 1.07 bits per heavy atom. The third-order valence-corrected chi connectivity index (χ3v) is 6.44. The van der Waals surface area contributed by atoms with Gasteiger partial charge in [-0.15, -0.1) is 22.7 Å². The van der Waals surface area contributed by atoms with Crippen LogP contribution in [0.4, 0.5) is 0 Å². The van der Waals surface area contributed by atoms with Gasteiger partial charge in [0.25, 0.3) is 0 Å². The molecule has 4 rings (SSSR count). The van der Waals surface area contributed by atoms with E-state index in [2.05, 4.69) is 23.0 Å². The first-order chi connectivity index (χ1) is 13.6. The van der Waals surface area contributed by atoms with Gasteiger partial charge in [-0.25, -0.2) is 9.78 Å². The van der Waals surface area contributed by atoms with Crippen LogP contribution in [-0.4, -0.2) is 11.0 Å². The van der Waals surface area contributed by atoms with Crippen LogP contribution >= 0.6 is 22.7 Å². The van der Waals surface area contributed by atoms with Crippen molar-refractivity contribution in [3.8, 4) is 21.1 Å². The minimum Gasteiger partial charge on any atom is -0.373 e. The molecule has 0 atom stereocenters. The lowest BCUT2D eigenvalue weighted by atomic mass is 10.1. The van der Waals surface area contributed by atoms with Crippen LogP contribution in [0.1, 0.15) is 24.3 Å². The highest BCUT2D eigenvalue weighted by molar-refractivity contribution is 7.26. The molecule has 0 spiro atoms. The molecular formula is C22H22N2O2S2. The average molecular weight is 411 g/mol. The van der Waals surface area contributed by atoms with Crippen LogP contribution in [0, 0.1) is 6.92 Å². The monoisotopic (exact) mass is 410 g/mol. The van der Waals surface area contributed by atoms with Crippen LogP contribution in [0.25, 0.3) is 31.2 Å². The normalized spacial score (nSPS) is 10.4. The molecule has 0 saturated carbocycles. The summed E-state index contributed by atoms with van der Waals surface area (Å²) < 4.78 is 1.22. The van der Waals surface area contributed by atoms with Crippen molar-refractivity contribution in [2.24, 2.45) is 5.90 Å². The summed E-state index contributed by atoms with van der Waals surface area (Å²) >= 11 is 3.22. The number of hydrogen-bond acceptors (Lipinski definition) is 6. The van der Waals surface area contributed by atoms with Crippen LogP contribution < -0.4 is 5.90 Å². The first-order valence-corrected chi connectivity index (χ1v) is 10.7. The average Bonchev–Trinajstić information content (AvgIpc) is 3.34. The van der Waals surface area contributed by atoms with Crippen molar-refractivity contribution >= 4 is 38.7 Å². The van der Waals surface area contributed by atoms with Gasteiger partial charge in [0.15, 0.2) is 0 Å². The van der Waals surface area contributed by atoms with E-state index in [4.69, 9.17) is 10.9 Å². The number of nitrogens with zero attached hydrogens (tertiary/aromatic N) is 1. The largest absolute Gasteiger partial charge is 0.373 e. The van der Waals surface area contributed by atoms with Crippen molar-refractivity contribution in [1.82, 2.24) is 4.98 Å². The van der Waals surface area contributed by atoms with Crippen LogP contribution in [0.3, 0.4) is 0 Å². The lowest BCUT2D eigenvalue weighted by Gasteiger charge is -2.02. The van der Waals surface area contributed by atoms with Crippen molar-refractivity contribution in [2.45, 2.75) is 27.2 Å². The maximum Gasteiger partial charge on any atom is 0.329 e. The number of benzene rings is 2. The lowest BCUT2D eigenvalue weighted by molar-refractivity contribution is -0.143. The van der Waals surface area contributed by atoms with Crippen LogP contribution in [0.2, 0.25) is 0 Å². The summed E-state index contributed by atoms with van der Waals surface area (Å²) in [4.78, 5) is 22.9. The van der Waals surface area contributed by atoms with Crippen LogP contribution in [-0.2, 0) is 16.1 Å². The number of carbonyl (C=O) groups is 1. The van der Waals surface area contributed by atoms with E-state index in [1.165, 1.54) is 27.0 Å². The molecule has 0 bridgehead atoms. The van der Waals surface area contributed by atoms with Crippen LogP contribution in [0.15, 0.2) is 54.6 Å². The van der Waals surface area contributed by atoms with Crippen LogP contribution in [0.5, 0.6) is 0 Å². The standard InChI is InChI=1S/C20H16N2O2S2.C2H6/c1-12-6-8-13(9-7-12)19-16(11-18(23)24-21)26-20(22-19)17-10-14-4-2-3-5-15(14)25-17;1-2/h2-10H,11,21H2,1H3;1-2H3. The fourth-order valence-corrected chi connectivity index (χ4v) is 4.95. The van der Waals surface area contributed by atoms with E-state index in [0.717, 1.165) is 26.0 Å². The first kappa shape index (κ1) is 20.2. The van der Waals surface area contributed by atoms with E-state index in [-0.39, 0.29) is 6.42 Å². The van der Waals surface area contributed by atoms with Gasteiger partial charge < -0.3 is 4.84 Å². The second-order valence-corrected chi connectivity index (χ2v) is 8.14. The zero-order valence-corrected chi connectivity index (χ0v) is 17.7.